The van der Waals surface area contributed by atoms with E-state index in [1.54, 1.807) is 18.3 Å². The zero-order chi connectivity index (χ0) is 15.4. The summed E-state index contributed by atoms with van der Waals surface area (Å²) in [5, 5.41) is 11.8. The molecule has 0 radical (unpaired) electrons. The molecule has 1 aromatic heterocycles. The maximum Gasteiger partial charge on any atom is 0.323 e. The number of nitrogens with one attached hydrogen (secondary N) is 2. The number of ether oxygens (including phenoxy) is 1. The first-order valence-electron chi connectivity index (χ1n) is 6.48. The van der Waals surface area contributed by atoms with Crippen molar-refractivity contribution in [2.45, 2.75) is 18.6 Å². The monoisotopic (exact) mass is 295 g/mol. The standard InChI is InChI=1S/C13H17N3O5/c1-21-13(20)10-5-8(17)6-16(10)7-11(18)15-12(19)9-3-2-4-14-9/h2-4,8,10,14,17H,5-7H2,1H3,(H,15,18,19). The van der Waals surface area contributed by atoms with Crippen LogP contribution in [0, 0.1) is 0 Å². The number of nitrogens with zero attached hydrogens (tertiary/aromatic N) is 1. The van der Waals surface area contributed by atoms with Gasteiger partial charge in [-0.1, -0.05) is 0 Å². The van der Waals surface area contributed by atoms with Crippen LogP contribution in [0.25, 0.3) is 0 Å². The van der Waals surface area contributed by atoms with Crippen molar-refractivity contribution in [1.29, 1.82) is 0 Å². The van der Waals surface area contributed by atoms with Gasteiger partial charge in [-0.25, -0.2) is 0 Å². The lowest BCUT2D eigenvalue weighted by Gasteiger charge is -2.20. The first-order valence-corrected chi connectivity index (χ1v) is 6.48. The molecule has 2 rings (SSSR count). The van der Waals surface area contributed by atoms with E-state index in [1.807, 2.05) is 0 Å². The van der Waals surface area contributed by atoms with E-state index in [-0.39, 0.29) is 25.2 Å². The second-order valence-electron chi connectivity index (χ2n) is 4.82. The van der Waals surface area contributed by atoms with Crippen LogP contribution >= 0.6 is 0 Å². The average Bonchev–Trinajstić information content (AvgIpc) is 3.07. The van der Waals surface area contributed by atoms with Crippen LogP contribution in [0.15, 0.2) is 18.3 Å². The highest BCUT2D eigenvalue weighted by molar-refractivity contribution is 6.04. The molecule has 114 valence electrons. The van der Waals surface area contributed by atoms with Crippen LogP contribution in [0.5, 0.6) is 0 Å². The van der Waals surface area contributed by atoms with Crippen molar-refractivity contribution < 1.29 is 24.2 Å². The summed E-state index contributed by atoms with van der Waals surface area (Å²) < 4.78 is 4.64. The Morgan fingerprint density at radius 2 is 2.29 bits per heavy atom. The highest BCUT2D eigenvalue weighted by Crippen LogP contribution is 2.18. The van der Waals surface area contributed by atoms with Gasteiger partial charge in [-0.2, -0.15) is 0 Å². The lowest BCUT2D eigenvalue weighted by atomic mass is 10.2. The van der Waals surface area contributed by atoms with Gasteiger partial charge in [-0.15, -0.1) is 0 Å². The van der Waals surface area contributed by atoms with Crippen LogP contribution in [-0.2, 0) is 14.3 Å². The number of carbonyl (C=O) groups excluding carboxylic acids is 3. The van der Waals surface area contributed by atoms with Gasteiger partial charge < -0.3 is 14.8 Å². The predicted octanol–water partition coefficient (Wildman–Crippen LogP) is -1.12. The molecule has 0 saturated carbocycles. The number of β-amino-alcohol motifs (C(OH)–C–C–N with tert-alkyl or cyclic N) is 1. The number of aliphatic hydroxyl groups is 1. The van der Waals surface area contributed by atoms with Gasteiger partial charge in [0.05, 0.1) is 19.8 Å². The number of aliphatic hydroxyl groups excluding tert-OH is 1. The maximum atomic E-state index is 11.8. The molecule has 1 fully saturated rings. The Kier molecular flexibility index (Phi) is 4.71. The van der Waals surface area contributed by atoms with E-state index < -0.39 is 29.9 Å². The molecule has 1 saturated heterocycles. The molecule has 8 nitrogen and oxygen atoms in total. The number of esters is 1. The molecule has 2 atom stereocenters. The smallest absolute Gasteiger partial charge is 0.323 e. The topological polar surface area (TPSA) is 112 Å². The van der Waals surface area contributed by atoms with E-state index in [9.17, 15) is 19.5 Å². The van der Waals surface area contributed by atoms with Crippen LogP contribution < -0.4 is 5.32 Å². The Bertz CT molecular complexity index is 528. The van der Waals surface area contributed by atoms with Gasteiger partial charge in [0.2, 0.25) is 5.91 Å². The van der Waals surface area contributed by atoms with Crippen LogP contribution in [-0.4, -0.2) is 65.1 Å². The zero-order valence-electron chi connectivity index (χ0n) is 11.5. The highest BCUT2D eigenvalue weighted by Gasteiger charge is 2.37. The molecule has 0 bridgehead atoms. The van der Waals surface area contributed by atoms with Crippen molar-refractivity contribution in [3.63, 3.8) is 0 Å². The summed E-state index contributed by atoms with van der Waals surface area (Å²) in [5.74, 6) is -1.59. The number of hydrogen-bond acceptors (Lipinski definition) is 6. The minimum absolute atomic E-state index is 0.163. The van der Waals surface area contributed by atoms with Gasteiger partial charge in [0.1, 0.15) is 11.7 Å². The summed E-state index contributed by atoms with van der Waals surface area (Å²) in [6.45, 7) is 0.0210. The lowest BCUT2D eigenvalue weighted by molar-refractivity contribution is -0.146. The number of H-pyrrole nitrogens is 1. The quantitative estimate of drug-likeness (QED) is 0.607. The lowest BCUT2D eigenvalue weighted by Crippen LogP contribution is -2.45. The van der Waals surface area contributed by atoms with Gasteiger partial charge in [0, 0.05) is 19.2 Å². The van der Waals surface area contributed by atoms with Crippen molar-refractivity contribution in [2.24, 2.45) is 0 Å². The van der Waals surface area contributed by atoms with Gasteiger partial charge in [-0.3, -0.25) is 24.6 Å². The summed E-state index contributed by atoms with van der Waals surface area (Å²) >= 11 is 0. The number of amides is 2. The summed E-state index contributed by atoms with van der Waals surface area (Å²) in [6.07, 6.45) is 1.09. The fourth-order valence-corrected chi connectivity index (χ4v) is 2.32. The second kappa shape index (κ2) is 6.51. The minimum atomic E-state index is -0.694. The molecule has 1 aliphatic heterocycles. The van der Waals surface area contributed by atoms with Gasteiger partial charge in [0.15, 0.2) is 0 Å². The van der Waals surface area contributed by atoms with Crippen molar-refractivity contribution >= 4 is 17.8 Å². The third-order valence-corrected chi connectivity index (χ3v) is 3.30. The van der Waals surface area contributed by atoms with Gasteiger partial charge >= 0.3 is 5.97 Å². The minimum Gasteiger partial charge on any atom is -0.468 e. The van der Waals surface area contributed by atoms with Crippen LogP contribution in [0.3, 0.4) is 0 Å². The average molecular weight is 295 g/mol. The summed E-state index contributed by atoms with van der Waals surface area (Å²) in [5.41, 5.74) is 0.273. The molecule has 1 aliphatic rings. The van der Waals surface area contributed by atoms with Gasteiger partial charge in [-0.05, 0) is 12.1 Å². The molecule has 21 heavy (non-hydrogen) atoms. The third-order valence-electron chi connectivity index (χ3n) is 3.30. The Balaban J connectivity index is 1.92. The van der Waals surface area contributed by atoms with E-state index in [0.29, 0.717) is 0 Å². The summed E-state index contributed by atoms with van der Waals surface area (Å²) in [7, 11) is 1.25. The number of hydrogen-bond donors (Lipinski definition) is 3. The largest absolute Gasteiger partial charge is 0.468 e. The van der Waals surface area contributed by atoms with E-state index in [1.165, 1.54) is 12.0 Å². The summed E-state index contributed by atoms with van der Waals surface area (Å²) in [6, 6.07) is 2.51. The Morgan fingerprint density at radius 1 is 1.52 bits per heavy atom. The molecule has 1 aromatic rings. The van der Waals surface area contributed by atoms with E-state index in [2.05, 4.69) is 15.0 Å². The molecule has 0 aromatic carbocycles. The van der Waals surface area contributed by atoms with E-state index in [0.717, 1.165) is 0 Å². The fraction of sp³-hybridized carbons (Fsp3) is 0.462. The van der Waals surface area contributed by atoms with Crippen molar-refractivity contribution in [2.75, 3.05) is 20.2 Å². The molecule has 2 heterocycles. The SMILES string of the molecule is COC(=O)C1CC(O)CN1CC(=O)NC(=O)c1ccc[nH]1. The zero-order valence-corrected chi connectivity index (χ0v) is 11.5. The summed E-state index contributed by atoms with van der Waals surface area (Å²) in [4.78, 5) is 39.3. The molecule has 2 unspecified atom stereocenters. The molecule has 3 N–H and O–H groups in total. The Labute approximate surface area is 121 Å². The van der Waals surface area contributed by atoms with Gasteiger partial charge in [0.25, 0.3) is 5.91 Å². The maximum absolute atomic E-state index is 11.8. The van der Waals surface area contributed by atoms with Crippen LogP contribution in [0.1, 0.15) is 16.9 Å². The van der Waals surface area contributed by atoms with Crippen molar-refractivity contribution in [3.05, 3.63) is 24.0 Å². The Morgan fingerprint density at radius 3 is 2.90 bits per heavy atom. The normalized spacial score (nSPS) is 22.0. The number of methoxy groups -OCH3 is 1. The number of likely N-dealkylation sites (tertiary alicyclic amines) is 1. The number of imide groups is 1. The number of aromatic nitrogens is 1. The first kappa shape index (κ1) is 15.2. The van der Waals surface area contributed by atoms with Crippen LogP contribution in [0.4, 0.5) is 0 Å². The molecular weight excluding hydrogens is 278 g/mol. The fourth-order valence-electron chi connectivity index (χ4n) is 2.32. The predicted molar refractivity (Wildman–Crippen MR) is 71.3 cm³/mol. The molecular formula is C13H17N3O5. The number of rotatable bonds is 4. The Hall–Kier alpha value is -2.19. The molecule has 0 aliphatic carbocycles. The third kappa shape index (κ3) is 3.67. The van der Waals surface area contributed by atoms with Crippen molar-refractivity contribution in [1.82, 2.24) is 15.2 Å². The first-order chi connectivity index (χ1) is 10.0. The molecule has 2 amide bonds. The highest BCUT2D eigenvalue weighted by atomic mass is 16.5. The second-order valence-corrected chi connectivity index (χ2v) is 4.82. The molecule has 8 heteroatoms. The number of aromatic amines is 1. The van der Waals surface area contributed by atoms with Crippen molar-refractivity contribution in [3.8, 4) is 0 Å². The molecule has 0 spiro atoms. The van der Waals surface area contributed by atoms with E-state index >= 15 is 0 Å². The number of carbonyl (C=O) groups is 3. The van der Waals surface area contributed by atoms with Crippen LogP contribution in [0.2, 0.25) is 0 Å². The van der Waals surface area contributed by atoms with E-state index in [4.69, 9.17) is 0 Å².